The molecular formula is C18H29NO4SSi. The molecule has 1 N–H and O–H groups in total. The Morgan fingerprint density at radius 1 is 1.24 bits per heavy atom. The first kappa shape index (κ1) is 21.6. The molecule has 0 fully saturated rings. The summed E-state index contributed by atoms with van der Waals surface area (Å²) in [7, 11) is -5.06. The number of benzene rings is 1. The van der Waals surface area contributed by atoms with E-state index in [1.54, 1.807) is 6.92 Å². The van der Waals surface area contributed by atoms with Crippen LogP contribution in [0, 0.1) is 0 Å². The minimum Gasteiger partial charge on any atom is -0.465 e. The van der Waals surface area contributed by atoms with Gasteiger partial charge >= 0.3 is 5.97 Å². The highest BCUT2D eigenvalue weighted by Crippen LogP contribution is 2.19. The van der Waals surface area contributed by atoms with Crippen molar-refractivity contribution in [3.63, 3.8) is 0 Å². The van der Waals surface area contributed by atoms with Crippen molar-refractivity contribution in [3.8, 4) is 0 Å². The Labute approximate surface area is 152 Å². The molecule has 0 amide bonds. The largest absolute Gasteiger partial charge is 0.465 e. The molecule has 0 radical (unpaired) electrons. The summed E-state index contributed by atoms with van der Waals surface area (Å²) >= 11 is 0. The second-order valence-corrected chi connectivity index (χ2v) is 14.7. The first-order valence-electron chi connectivity index (χ1n) is 8.44. The van der Waals surface area contributed by atoms with Gasteiger partial charge in [-0.3, -0.25) is 4.79 Å². The fourth-order valence-electron chi connectivity index (χ4n) is 2.17. The van der Waals surface area contributed by atoms with Gasteiger partial charge in [0, 0.05) is 8.07 Å². The van der Waals surface area contributed by atoms with Crippen LogP contribution in [0.5, 0.6) is 0 Å². The van der Waals surface area contributed by atoms with Gasteiger partial charge in [-0.1, -0.05) is 56.6 Å². The van der Waals surface area contributed by atoms with Crippen molar-refractivity contribution in [2.24, 2.45) is 0 Å². The minimum absolute atomic E-state index is 0.0242. The molecule has 1 aromatic carbocycles. The van der Waals surface area contributed by atoms with Crippen molar-refractivity contribution in [1.82, 2.24) is 4.72 Å². The van der Waals surface area contributed by atoms with Crippen LogP contribution in [0.1, 0.15) is 18.9 Å². The van der Waals surface area contributed by atoms with Crippen molar-refractivity contribution < 1.29 is 17.9 Å². The normalized spacial score (nSPS) is 13.3. The third-order valence-corrected chi connectivity index (χ3v) is 7.14. The number of esters is 1. The summed E-state index contributed by atoms with van der Waals surface area (Å²) in [6, 6.07) is 9.07. The van der Waals surface area contributed by atoms with Crippen LogP contribution in [0.3, 0.4) is 0 Å². The molecule has 0 aliphatic carbocycles. The molecule has 0 bridgehead atoms. The van der Waals surface area contributed by atoms with Gasteiger partial charge < -0.3 is 4.74 Å². The summed E-state index contributed by atoms with van der Waals surface area (Å²) in [5, 5.41) is 0. The summed E-state index contributed by atoms with van der Waals surface area (Å²) < 4.78 is 32.3. The highest BCUT2D eigenvalue weighted by atomic mass is 32.2. The minimum atomic E-state index is -3.56. The highest BCUT2D eigenvalue weighted by Gasteiger charge is 2.28. The van der Waals surface area contributed by atoms with Gasteiger partial charge in [-0.2, -0.15) is 0 Å². The number of sulfonamides is 1. The molecule has 25 heavy (non-hydrogen) atoms. The summed E-state index contributed by atoms with van der Waals surface area (Å²) in [6.07, 6.45) is 0.176. The zero-order valence-corrected chi connectivity index (χ0v) is 17.4. The van der Waals surface area contributed by atoms with Crippen molar-refractivity contribution in [3.05, 3.63) is 42.5 Å². The van der Waals surface area contributed by atoms with Gasteiger partial charge in [0.15, 0.2) is 0 Å². The molecule has 1 atom stereocenters. The Morgan fingerprint density at radius 2 is 1.84 bits per heavy atom. The molecule has 0 aliphatic heterocycles. The zero-order valence-electron chi connectivity index (χ0n) is 15.5. The van der Waals surface area contributed by atoms with E-state index in [0.717, 1.165) is 5.56 Å². The number of hydrogen-bond acceptors (Lipinski definition) is 4. The fourth-order valence-corrected chi connectivity index (χ4v) is 6.43. The van der Waals surface area contributed by atoms with E-state index in [1.807, 2.05) is 30.3 Å². The van der Waals surface area contributed by atoms with Gasteiger partial charge in [-0.25, -0.2) is 13.1 Å². The van der Waals surface area contributed by atoms with Crippen LogP contribution in [0.25, 0.3) is 5.57 Å². The van der Waals surface area contributed by atoms with Crippen LogP contribution in [0.4, 0.5) is 0 Å². The quantitative estimate of drug-likeness (QED) is 0.497. The molecule has 1 rings (SSSR count). The summed E-state index contributed by atoms with van der Waals surface area (Å²) in [4.78, 5) is 12.2. The van der Waals surface area contributed by atoms with E-state index >= 15 is 0 Å². The molecular weight excluding hydrogens is 354 g/mol. The predicted molar refractivity (Wildman–Crippen MR) is 106 cm³/mol. The molecule has 1 aromatic rings. The molecule has 0 saturated carbocycles. The molecule has 140 valence electrons. The van der Waals surface area contributed by atoms with E-state index in [4.69, 9.17) is 4.74 Å². The second kappa shape index (κ2) is 9.31. The van der Waals surface area contributed by atoms with Crippen LogP contribution in [-0.2, 0) is 19.6 Å². The molecule has 5 nitrogen and oxygen atoms in total. The van der Waals surface area contributed by atoms with Gasteiger partial charge in [0.05, 0.1) is 12.4 Å². The first-order chi connectivity index (χ1) is 11.5. The van der Waals surface area contributed by atoms with E-state index in [1.165, 1.54) is 0 Å². The molecule has 0 heterocycles. The van der Waals surface area contributed by atoms with Gasteiger partial charge in [-0.15, -0.1) is 0 Å². The summed E-state index contributed by atoms with van der Waals surface area (Å²) in [5.41, 5.74) is 1.56. The number of carbonyl (C=O) groups excluding carboxylic acids is 1. The van der Waals surface area contributed by atoms with Crippen LogP contribution in [-0.4, -0.2) is 40.9 Å². The van der Waals surface area contributed by atoms with E-state index in [2.05, 4.69) is 30.9 Å². The predicted octanol–water partition coefficient (Wildman–Crippen LogP) is 3.28. The van der Waals surface area contributed by atoms with E-state index < -0.39 is 30.1 Å². The van der Waals surface area contributed by atoms with Gasteiger partial charge in [0.1, 0.15) is 6.04 Å². The topological polar surface area (TPSA) is 72.5 Å². The third kappa shape index (κ3) is 8.47. The maximum atomic E-state index is 12.4. The number of hydrogen-bond donors (Lipinski definition) is 1. The van der Waals surface area contributed by atoms with Gasteiger partial charge in [0.25, 0.3) is 0 Å². The lowest BCUT2D eigenvalue weighted by molar-refractivity contribution is -0.144. The molecule has 0 aliphatic rings. The molecule has 0 unspecified atom stereocenters. The number of nitrogens with one attached hydrogen (secondary N) is 1. The SMILES string of the molecule is C=C(C[C@H](NS(=O)(=O)CC[Si](C)(C)C)C(=O)OCC)c1ccccc1. The Kier molecular flexibility index (Phi) is 8.04. The smallest absolute Gasteiger partial charge is 0.324 e. The summed E-state index contributed by atoms with van der Waals surface area (Å²) in [5.74, 6) is -0.549. The second-order valence-electron chi connectivity index (χ2n) is 7.23. The Bertz CT molecular complexity index is 681. The average Bonchev–Trinajstić information content (AvgIpc) is 2.53. The van der Waals surface area contributed by atoms with Crippen LogP contribution in [0.2, 0.25) is 25.7 Å². The number of ether oxygens (including phenoxy) is 1. The lowest BCUT2D eigenvalue weighted by Gasteiger charge is -2.20. The monoisotopic (exact) mass is 383 g/mol. The lowest BCUT2D eigenvalue weighted by Crippen LogP contribution is -2.43. The Hall–Kier alpha value is -1.44. The number of carbonyl (C=O) groups is 1. The van der Waals surface area contributed by atoms with Crippen LogP contribution >= 0.6 is 0 Å². The Balaban J connectivity index is 2.86. The van der Waals surface area contributed by atoms with E-state index in [-0.39, 0.29) is 18.8 Å². The fraction of sp³-hybridized carbons (Fsp3) is 0.500. The first-order valence-corrected chi connectivity index (χ1v) is 13.8. The molecule has 0 aromatic heterocycles. The van der Waals surface area contributed by atoms with Crippen molar-refractivity contribution in [2.75, 3.05) is 12.4 Å². The number of rotatable bonds is 10. The standard InChI is InChI=1S/C18H29NO4SSi/c1-6-23-18(20)17(14-15(2)16-10-8-7-9-11-16)19-24(21,22)12-13-25(3,4)5/h7-11,17,19H,2,6,12-14H2,1,3-5H3/t17-/m0/s1. The summed E-state index contributed by atoms with van der Waals surface area (Å²) in [6.45, 7) is 12.2. The van der Waals surface area contributed by atoms with Crippen molar-refractivity contribution in [2.45, 2.75) is 45.1 Å². The van der Waals surface area contributed by atoms with Crippen molar-refractivity contribution >= 4 is 29.6 Å². The maximum absolute atomic E-state index is 12.4. The van der Waals surface area contributed by atoms with Gasteiger partial charge in [0.2, 0.25) is 10.0 Å². The lowest BCUT2D eigenvalue weighted by atomic mass is 10.0. The van der Waals surface area contributed by atoms with Gasteiger partial charge in [-0.05, 0) is 30.5 Å². The molecule has 0 saturated heterocycles. The van der Waals surface area contributed by atoms with E-state index in [9.17, 15) is 13.2 Å². The van der Waals surface area contributed by atoms with Crippen LogP contribution in [0.15, 0.2) is 36.9 Å². The van der Waals surface area contributed by atoms with Crippen LogP contribution < -0.4 is 4.72 Å². The average molecular weight is 384 g/mol. The Morgan fingerprint density at radius 3 is 2.36 bits per heavy atom. The zero-order chi connectivity index (χ0) is 19.1. The maximum Gasteiger partial charge on any atom is 0.324 e. The highest BCUT2D eigenvalue weighted by molar-refractivity contribution is 7.89. The van der Waals surface area contributed by atoms with Crippen molar-refractivity contribution in [1.29, 1.82) is 0 Å². The molecule has 0 spiro atoms. The molecule has 7 heteroatoms. The van der Waals surface area contributed by atoms with E-state index in [0.29, 0.717) is 11.6 Å². The third-order valence-electron chi connectivity index (χ3n) is 3.65.